The van der Waals surface area contributed by atoms with Gasteiger partial charge in [-0.2, -0.15) is 0 Å². The second kappa shape index (κ2) is 6.56. The number of hydrogen-bond donors (Lipinski definition) is 1. The number of aromatic amines is 1. The van der Waals surface area contributed by atoms with Crippen molar-refractivity contribution in [3.05, 3.63) is 63.3 Å². The zero-order chi connectivity index (χ0) is 16.3. The lowest BCUT2D eigenvalue weighted by molar-refractivity contribution is 0.0742. The standard InChI is InChI=1S/C17H21N3O2/c1-11-5-6-18-15(7-11)9-13(3)20(4)17(22)14-8-12(2)19-16(21)10-14/h5-8,10,13H,9H2,1-4H3,(H,19,21). The monoisotopic (exact) mass is 299 g/mol. The topological polar surface area (TPSA) is 66.1 Å². The highest BCUT2D eigenvalue weighted by Gasteiger charge is 2.19. The van der Waals surface area contributed by atoms with Gasteiger partial charge in [0.05, 0.1) is 0 Å². The molecular weight excluding hydrogens is 278 g/mol. The first-order valence-corrected chi connectivity index (χ1v) is 7.26. The molecule has 0 aliphatic heterocycles. The summed E-state index contributed by atoms with van der Waals surface area (Å²) in [5.74, 6) is -0.158. The van der Waals surface area contributed by atoms with E-state index in [4.69, 9.17) is 0 Å². The molecule has 5 nitrogen and oxygen atoms in total. The maximum atomic E-state index is 12.5. The third-order valence-electron chi connectivity index (χ3n) is 3.68. The first kappa shape index (κ1) is 15.9. The van der Waals surface area contributed by atoms with Gasteiger partial charge in [0.1, 0.15) is 0 Å². The summed E-state index contributed by atoms with van der Waals surface area (Å²) < 4.78 is 0. The van der Waals surface area contributed by atoms with Gasteiger partial charge in [0, 0.05) is 48.7 Å². The predicted octanol–water partition coefficient (Wildman–Crippen LogP) is 2.09. The number of aryl methyl sites for hydroxylation is 2. The Labute approximate surface area is 130 Å². The number of aromatic nitrogens is 2. The smallest absolute Gasteiger partial charge is 0.254 e. The number of carbonyl (C=O) groups excluding carboxylic acids is 1. The number of likely N-dealkylation sites (N-methyl/N-ethyl adjacent to an activating group) is 1. The SMILES string of the molecule is Cc1ccnc(CC(C)N(C)C(=O)c2cc(C)[nH]c(=O)c2)c1. The molecule has 0 saturated heterocycles. The van der Waals surface area contributed by atoms with E-state index >= 15 is 0 Å². The molecule has 2 aromatic heterocycles. The minimum Gasteiger partial charge on any atom is -0.339 e. The van der Waals surface area contributed by atoms with E-state index in [-0.39, 0.29) is 17.5 Å². The summed E-state index contributed by atoms with van der Waals surface area (Å²) in [6, 6.07) is 6.98. The molecule has 0 spiro atoms. The van der Waals surface area contributed by atoms with Crippen LogP contribution in [0.2, 0.25) is 0 Å². The van der Waals surface area contributed by atoms with Gasteiger partial charge in [-0.1, -0.05) is 0 Å². The second-order valence-corrected chi connectivity index (χ2v) is 5.71. The van der Waals surface area contributed by atoms with Crippen molar-refractivity contribution in [1.29, 1.82) is 0 Å². The van der Waals surface area contributed by atoms with Crippen LogP contribution in [-0.2, 0) is 6.42 Å². The Morgan fingerprint density at radius 3 is 2.68 bits per heavy atom. The van der Waals surface area contributed by atoms with E-state index in [0.717, 1.165) is 11.3 Å². The molecule has 0 aromatic carbocycles. The van der Waals surface area contributed by atoms with Crippen LogP contribution in [0, 0.1) is 13.8 Å². The number of pyridine rings is 2. The fraction of sp³-hybridized carbons (Fsp3) is 0.353. The first-order valence-electron chi connectivity index (χ1n) is 7.26. The lowest BCUT2D eigenvalue weighted by atomic mass is 10.1. The van der Waals surface area contributed by atoms with E-state index in [0.29, 0.717) is 17.7 Å². The van der Waals surface area contributed by atoms with Gasteiger partial charge in [-0.15, -0.1) is 0 Å². The average Bonchev–Trinajstić information content (AvgIpc) is 2.44. The second-order valence-electron chi connectivity index (χ2n) is 5.71. The van der Waals surface area contributed by atoms with Crippen LogP contribution in [0.15, 0.2) is 35.3 Å². The van der Waals surface area contributed by atoms with Crippen LogP contribution in [0.3, 0.4) is 0 Å². The molecule has 0 aliphatic carbocycles. The van der Waals surface area contributed by atoms with Crippen LogP contribution in [0.1, 0.15) is 34.2 Å². The molecule has 22 heavy (non-hydrogen) atoms. The minimum atomic E-state index is -0.259. The van der Waals surface area contributed by atoms with Gasteiger partial charge >= 0.3 is 0 Å². The van der Waals surface area contributed by atoms with Crippen LogP contribution >= 0.6 is 0 Å². The van der Waals surface area contributed by atoms with Crippen molar-refractivity contribution < 1.29 is 4.79 Å². The number of amides is 1. The summed E-state index contributed by atoms with van der Waals surface area (Å²) in [6.45, 7) is 5.75. The zero-order valence-electron chi connectivity index (χ0n) is 13.4. The largest absolute Gasteiger partial charge is 0.339 e. The maximum Gasteiger partial charge on any atom is 0.254 e. The molecule has 0 radical (unpaired) electrons. The molecule has 1 unspecified atom stereocenters. The Morgan fingerprint density at radius 2 is 2.05 bits per heavy atom. The average molecular weight is 299 g/mol. The highest BCUT2D eigenvalue weighted by atomic mass is 16.2. The van der Waals surface area contributed by atoms with Gasteiger partial charge in [-0.25, -0.2) is 0 Å². The van der Waals surface area contributed by atoms with Crippen molar-refractivity contribution >= 4 is 5.91 Å². The van der Waals surface area contributed by atoms with Crippen molar-refractivity contribution in [2.45, 2.75) is 33.2 Å². The number of nitrogens with zero attached hydrogens (tertiary/aromatic N) is 2. The summed E-state index contributed by atoms with van der Waals surface area (Å²) in [7, 11) is 1.75. The molecule has 0 aliphatic rings. The Morgan fingerprint density at radius 1 is 1.32 bits per heavy atom. The molecule has 0 saturated carbocycles. The number of carbonyl (C=O) groups is 1. The Hall–Kier alpha value is -2.43. The van der Waals surface area contributed by atoms with Crippen LogP contribution in [0.5, 0.6) is 0 Å². The van der Waals surface area contributed by atoms with Crippen LogP contribution in [0.25, 0.3) is 0 Å². The maximum absolute atomic E-state index is 12.5. The van der Waals surface area contributed by atoms with Crippen LogP contribution < -0.4 is 5.56 Å². The number of rotatable bonds is 4. The molecule has 2 aromatic rings. The van der Waals surface area contributed by atoms with Gasteiger partial charge in [-0.05, 0) is 44.5 Å². The van der Waals surface area contributed by atoms with Gasteiger partial charge in [-0.3, -0.25) is 14.6 Å². The van der Waals surface area contributed by atoms with Gasteiger partial charge in [0.2, 0.25) is 5.56 Å². The van der Waals surface area contributed by atoms with E-state index in [1.165, 1.54) is 6.07 Å². The van der Waals surface area contributed by atoms with Crippen molar-refractivity contribution in [2.24, 2.45) is 0 Å². The first-order chi connectivity index (χ1) is 10.4. The Kier molecular flexibility index (Phi) is 4.75. The molecule has 2 heterocycles. The number of H-pyrrole nitrogens is 1. The zero-order valence-corrected chi connectivity index (χ0v) is 13.4. The fourth-order valence-corrected chi connectivity index (χ4v) is 2.36. The van der Waals surface area contributed by atoms with E-state index in [2.05, 4.69) is 9.97 Å². The third kappa shape index (κ3) is 3.81. The van der Waals surface area contributed by atoms with Gasteiger partial charge in [0.15, 0.2) is 0 Å². The molecule has 1 N–H and O–H groups in total. The molecule has 1 atom stereocenters. The van der Waals surface area contributed by atoms with Crippen molar-refractivity contribution in [1.82, 2.24) is 14.9 Å². The summed E-state index contributed by atoms with van der Waals surface area (Å²) >= 11 is 0. The van der Waals surface area contributed by atoms with E-state index < -0.39 is 0 Å². The third-order valence-corrected chi connectivity index (χ3v) is 3.68. The highest BCUT2D eigenvalue weighted by molar-refractivity contribution is 5.94. The quantitative estimate of drug-likeness (QED) is 0.940. The minimum absolute atomic E-state index is 0.0126. The van der Waals surface area contributed by atoms with Crippen molar-refractivity contribution in [3.63, 3.8) is 0 Å². The summed E-state index contributed by atoms with van der Waals surface area (Å²) in [5.41, 5.74) is 2.93. The van der Waals surface area contributed by atoms with E-state index in [9.17, 15) is 9.59 Å². The lowest BCUT2D eigenvalue weighted by Crippen LogP contribution is -2.37. The summed E-state index contributed by atoms with van der Waals surface area (Å²) in [4.78, 5) is 32.6. The van der Waals surface area contributed by atoms with Gasteiger partial charge < -0.3 is 9.88 Å². The van der Waals surface area contributed by atoms with E-state index in [1.54, 1.807) is 31.1 Å². The molecule has 0 bridgehead atoms. The summed E-state index contributed by atoms with van der Waals surface area (Å²) in [5, 5.41) is 0. The highest BCUT2D eigenvalue weighted by Crippen LogP contribution is 2.10. The fourth-order valence-electron chi connectivity index (χ4n) is 2.36. The molecular formula is C17H21N3O2. The number of hydrogen-bond acceptors (Lipinski definition) is 3. The molecule has 5 heteroatoms. The number of nitrogens with one attached hydrogen (secondary N) is 1. The van der Waals surface area contributed by atoms with Crippen molar-refractivity contribution in [3.8, 4) is 0 Å². The Balaban J connectivity index is 2.14. The molecule has 0 fully saturated rings. The summed E-state index contributed by atoms with van der Waals surface area (Å²) in [6.07, 6.45) is 2.45. The van der Waals surface area contributed by atoms with Crippen LogP contribution in [-0.4, -0.2) is 33.9 Å². The molecule has 116 valence electrons. The van der Waals surface area contributed by atoms with Crippen LogP contribution in [0.4, 0.5) is 0 Å². The van der Waals surface area contributed by atoms with Gasteiger partial charge in [0.25, 0.3) is 5.91 Å². The molecule has 1 amide bonds. The predicted molar refractivity (Wildman–Crippen MR) is 86.0 cm³/mol. The normalized spacial score (nSPS) is 12.0. The van der Waals surface area contributed by atoms with E-state index in [1.807, 2.05) is 26.0 Å². The molecule has 2 rings (SSSR count). The lowest BCUT2D eigenvalue weighted by Gasteiger charge is -2.25. The van der Waals surface area contributed by atoms with Crippen molar-refractivity contribution in [2.75, 3.05) is 7.05 Å². The Bertz CT molecular complexity index is 737.